The molecule has 0 bridgehead atoms. The molecule has 298 valence electrons. The molecule has 4 heteroatoms. The van der Waals surface area contributed by atoms with E-state index in [1.807, 2.05) is 11.3 Å². The van der Waals surface area contributed by atoms with Crippen LogP contribution in [0.25, 0.3) is 113 Å². The van der Waals surface area contributed by atoms with Crippen LogP contribution >= 0.6 is 11.3 Å². The van der Waals surface area contributed by atoms with Crippen LogP contribution in [0, 0.1) is 0 Å². The summed E-state index contributed by atoms with van der Waals surface area (Å²) in [4.78, 5) is 2.38. The highest BCUT2D eigenvalue weighted by Crippen LogP contribution is 2.50. The Morgan fingerprint density at radius 1 is 0.359 bits per heavy atom. The molecule has 3 aromatic heterocycles. The van der Waals surface area contributed by atoms with Gasteiger partial charge in [0.05, 0.1) is 11.0 Å². The molecule has 3 nitrogen and oxygen atoms in total. The lowest BCUT2D eigenvalue weighted by Crippen LogP contribution is -2.10. The van der Waals surface area contributed by atoms with E-state index in [-0.39, 0.29) is 0 Å². The van der Waals surface area contributed by atoms with E-state index in [1.165, 1.54) is 74.4 Å². The zero-order chi connectivity index (χ0) is 41.9. The van der Waals surface area contributed by atoms with Crippen molar-refractivity contribution in [2.45, 2.75) is 0 Å². The van der Waals surface area contributed by atoms with Gasteiger partial charge in [0.25, 0.3) is 0 Å². The molecule has 0 aliphatic heterocycles. The van der Waals surface area contributed by atoms with Crippen molar-refractivity contribution in [3.63, 3.8) is 0 Å². The quantitative estimate of drug-likeness (QED) is 0.161. The molecule has 0 spiro atoms. The number of rotatable bonds is 5. The van der Waals surface area contributed by atoms with E-state index in [4.69, 9.17) is 4.42 Å². The first-order chi connectivity index (χ1) is 31.8. The van der Waals surface area contributed by atoms with Gasteiger partial charge in [-0.05, 0) is 99.0 Å². The van der Waals surface area contributed by atoms with Crippen molar-refractivity contribution < 1.29 is 4.42 Å². The van der Waals surface area contributed by atoms with Crippen LogP contribution in [0.2, 0.25) is 0 Å². The summed E-state index contributed by atoms with van der Waals surface area (Å²) < 4.78 is 11.8. The summed E-state index contributed by atoms with van der Waals surface area (Å²) in [5, 5.41) is 14.9. The second kappa shape index (κ2) is 13.7. The SMILES string of the molecule is c1ccc(N(c2ccc(-n3c4ccccc4c4c(-c5cccc6c5sc5ccccc56)c5c(cc43)oc3ccccc35)cc2)c2ccc3c4ccccc4c4ccccc4c3c2)cc1. The minimum Gasteiger partial charge on any atom is -0.456 e. The van der Waals surface area contributed by atoms with Gasteiger partial charge in [-0.1, -0.05) is 146 Å². The maximum atomic E-state index is 6.79. The molecule has 0 unspecified atom stereocenters. The Labute approximate surface area is 371 Å². The Morgan fingerprint density at radius 2 is 0.938 bits per heavy atom. The summed E-state index contributed by atoms with van der Waals surface area (Å²) in [7, 11) is 0. The third-order valence-electron chi connectivity index (χ3n) is 13.3. The van der Waals surface area contributed by atoms with Crippen LogP contribution in [0.15, 0.2) is 223 Å². The standard InChI is InChI=1S/C60H36N2OS/c1-2-15-37(16-3-1)61(40-33-34-45-43-19-5-4-17-41(43)42-18-6-7-20-44(42)51(45)35-40)38-29-31-39(32-30-38)62-52-26-11-8-22-48(52)57-53(62)36-55-58(49-23-9-12-27-54(49)63-55)59(57)50-25-14-24-47-46-21-10-13-28-56(46)64-60(47)50/h1-36H. The molecule has 14 aromatic rings. The molecule has 0 saturated heterocycles. The number of thiophene rings is 1. The highest BCUT2D eigenvalue weighted by Gasteiger charge is 2.25. The molecule has 0 radical (unpaired) electrons. The Kier molecular flexibility index (Phi) is 7.56. The predicted octanol–water partition coefficient (Wildman–Crippen LogP) is 17.6. The number of benzene rings is 11. The number of furan rings is 1. The van der Waals surface area contributed by atoms with Crippen LogP contribution in [0.1, 0.15) is 0 Å². The maximum absolute atomic E-state index is 6.79. The number of anilines is 3. The van der Waals surface area contributed by atoms with Gasteiger partial charge < -0.3 is 13.9 Å². The molecule has 0 aliphatic carbocycles. The summed E-state index contributed by atoms with van der Waals surface area (Å²) in [6.45, 7) is 0. The smallest absolute Gasteiger partial charge is 0.138 e. The van der Waals surface area contributed by atoms with Gasteiger partial charge in [-0.3, -0.25) is 0 Å². The Bertz CT molecular complexity index is 4160. The van der Waals surface area contributed by atoms with Gasteiger partial charge in [0, 0.05) is 81.7 Å². The van der Waals surface area contributed by atoms with Crippen molar-refractivity contribution in [1.29, 1.82) is 0 Å². The van der Waals surface area contributed by atoms with E-state index in [1.54, 1.807) is 0 Å². The van der Waals surface area contributed by atoms with Gasteiger partial charge in [-0.2, -0.15) is 0 Å². The third kappa shape index (κ3) is 5.09. The monoisotopic (exact) mass is 832 g/mol. The lowest BCUT2D eigenvalue weighted by Gasteiger charge is -2.26. The molecule has 0 atom stereocenters. The van der Waals surface area contributed by atoms with Gasteiger partial charge in [0.1, 0.15) is 11.2 Å². The van der Waals surface area contributed by atoms with Crippen molar-refractivity contribution in [3.05, 3.63) is 218 Å². The topological polar surface area (TPSA) is 21.3 Å². The van der Waals surface area contributed by atoms with Crippen LogP contribution in [0.3, 0.4) is 0 Å². The van der Waals surface area contributed by atoms with Crippen LogP contribution < -0.4 is 4.90 Å². The number of hydrogen-bond donors (Lipinski definition) is 0. The number of para-hydroxylation sites is 3. The number of fused-ring (bicyclic) bond motifs is 15. The second-order valence-electron chi connectivity index (χ2n) is 16.8. The molecule has 3 heterocycles. The third-order valence-corrected chi connectivity index (χ3v) is 14.6. The van der Waals surface area contributed by atoms with E-state index >= 15 is 0 Å². The van der Waals surface area contributed by atoms with Crippen molar-refractivity contribution >= 4 is 125 Å². The predicted molar refractivity (Wildman–Crippen MR) is 274 cm³/mol. The summed E-state index contributed by atoms with van der Waals surface area (Å²) in [5.41, 5.74) is 10.9. The van der Waals surface area contributed by atoms with E-state index in [9.17, 15) is 0 Å². The fraction of sp³-hybridized carbons (Fsp3) is 0. The fourth-order valence-electron chi connectivity index (χ4n) is 10.6. The molecule has 14 rings (SSSR count). The van der Waals surface area contributed by atoms with Gasteiger partial charge in [0.15, 0.2) is 0 Å². The lowest BCUT2D eigenvalue weighted by atomic mass is 9.93. The van der Waals surface area contributed by atoms with Gasteiger partial charge >= 0.3 is 0 Å². The van der Waals surface area contributed by atoms with Crippen molar-refractivity contribution in [2.75, 3.05) is 4.90 Å². The van der Waals surface area contributed by atoms with Crippen molar-refractivity contribution in [3.8, 4) is 16.8 Å². The first-order valence-electron chi connectivity index (χ1n) is 21.8. The van der Waals surface area contributed by atoms with E-state index in [0.29, 0.717) is 0 Å². The normalized spacial score (nSPS) is 12.1. The second-order valence-corrected chi connectivity index (χ2v) is 17.8. The maximum Gasteiger partial charge on any atom is 0.138 e. The molecule has 0 N–H and O–H groups in total. The fourth-order valence-corrected chi connectivity index (χ4v) is 11.9. The van der Waals surface area contributed by atoms with Gasteiger partial charge in [-0.25, -0.2) is 0 Å². The first-order valence-corrected chi connectivity index (χ1v) is 22.7. The summed E-state index contributed by atoms with van der Waals surface area (Å²) >= 11 is 1.88. The molecule has 0 aliphatic rings. The van der Waals surface area contributed by atoms with E-state index in [2.05, 4.69) is 228 Å². The van der Waals surface area contributed by atoms with Crippen LogP contribution in [0.4, 0.5) is 17.1 Å². The van der Waals surface area contributed by atoms with Crippen LogP contribution in [-0.4, -0.2) is 4.57 Å². The Morgan fingerprint density at radius 3 is 1.70 bits per heavy atom. The molecule has 64 heavy (non-hydrogen) atoms. The average molecular weight is 833 g/mol. The molecule has 11 aromatic carbocycles. The average Bonchev–Trinajstić information content (AvgIpc) is 4.04. The summed E-state index contributed by atoms with van der Waals surface area (Å²) in [6.07, 6.45) is 0. The largest absolute Gasteiger partial charge is 0.456 e. The minimum atomic E-state index is 0.884. The zero-order valence-corrected chi connectivity index (χ0v) is 35.3. The Hall–Kier alpha value is -8.18. The minimum absolute atomic E-state index is 0.884. The zero-order valence-electron chi connectivity index (χ0n) is 34.5. The Balaban J connectivity index is 1.000. The molecular weight excluding hydrogens is 797 g/mol. The van der Waals surface area contributed by atoms with E-state index in [0.717, 1.165) is 55.7 Å². The van der Waals surface area contributed by atoms with E-state index < -0.39 is 0 Å². The number of nitrogens with zero attached hydrogens (tertiary/aromatic N) is 2. The first kappa shape index (κ1) is 35.4. The molecule has 0 fully saturated rings. The van der Waals surface area contributed by atoms with Gasteiger partial charge in [-0.15, -0.1) is 11.3 Å². The van der Waals surface area contributed by atoms with Gasteiger partial charge in [0.2, 0.25) is 0 Å². The van der Waals surface area contributed by atoms with Crippen LogP contribution in [-0.2, 0) is 0 Å². The molecular formula is C60H36N2OS. The van der Waals surface area contributed by atoms with Crippen molar-refractivity contribution in [2.24, 2.45) is 0 Å². The highest BCUT2D eigenvalue weighted by molar-refractivity contribution is 7.26. The van der Waals surface area contributed by atoms with Crippen molar-refractivity contribution in [1.82, 2.24) is 4.57 Å². The molecule has 0 amide bonds. The van der Waals surface area contributed by atoms with Crippen LogP contribution in [0.5, 0.6) is 0 Å². The lowest BCUT2D eigenvalue weighted by molar-refractivity contribution is 0.669. The summed E-state index contributed by atoms with van der Waals surface area (Å²) in [5.74, 6) is 0. The number of hydrogen-bond acceptors (Lipinski definition) is 3. The number of aromatic nitrogens is 1. The molecule has 0 saturated carbocycles. The highest BCUT2D eigenvalue weighted by atomic mass is 32.1. The summed E-state index contributed by atoms with van der Waals surface area (Å²) in [6, 6.07) is 79.5.